The highest BCUT2D eigenvalue weighted by Gasteiger charge is 2.45. The number of amides is 4. The summed E-state index contributed by atoms with van der Waals surface area (Å²) in [6, 6.07) is 3.16. The van der Waals surface area contributed by atoms with E-state index in [9.17, 15) is 44.4 Å². The number of likely N-dealkylation sites (tertiary alicyclic amines) is 1. The van der Waals surface area contributed by atoms with Gasteiger partial charge in [-0.25, -0.2) is 0 Å². The molecule has 7 unspecified atom stereocenters. The van der Waals surface area contributed by atoms with Crippen molar-refractivity contribution in [3.05, 3.63) is 23.8 Å². The van der Waals surface area contributed by atoms with E-state index >= 15 is 0 Å². The summed E-state index contributed by atoms with van der Waals surface area (Å²) in [5.41, 5.74) is 6.22. The van der Waals surface area contributed by atoms with Crippen molar-refractivity contribution in [3.8, 4) is 5.75 Å². The molecule has 45 heavy (non-hydrogen) atoms. The molecule has 16 nitrogen and oxygen atoms in total. The minimum absolute atomic E-state index is 0.00474. The number of nitrogens with two attached hydrogens (primary N) is 1. The second-order valence-electron chi connectivity index (χ2n) is 11.2. The van der Waals surface area contributed by atoms with Gasteiger partial charge in [0.2, 0.25) is 29.9 Å². The largest absolute Gasteiger partial charge is 0.461 e. The predicted molar refractivity (Wildman–Crippen MR) is 155 cm³/mol. The molecule has 7 atom stereocenters. The normalized spacial score (nSPS) is 25.7. The van der Waals surface area contributed by atoms with Gasteiger partial charge in [0.05, 0.1) is 18.2 Å². The van der Waals surface area contributed by atoms with Gasteiger partial charge in [0.15, 0.2) is 0 Å². The van der Waals surface area contributed by atoms with E-state index in [1.165, 1.54) is 18.2 Å². The molecule has 0 aliphatic carbocycles. The highest BCUT2D eigenvalue weighted by Crippen LogP contribution is 2.31. The van der Waals surface area contributed by atoms with E-state index in [-0.39, 0.29) is 49.9 Å². The van der Waals surface area contributed by atoms with Crippen molar-refractivity contribution in [3.63, 3.8) is 0 Å². The number of imide groups is 1. The number of benzene rings is 1. The van der Waals surface area contributed by atoms with Gasteiger partial charge in [-0.05, 0) is 24.1 Å². The highest BCUT2D eigenvalue weighted by atomic mass is 16.7. The first-order chi connectivity index (χ1) is 21.3. The zero-order valence-corrected chi connectivity index (χ0v) is 25.4. The Morgan fingerprint density at radius 1 is 1.13 bits per heavy atom. The molecule has 0 bridgehead atoms. The first-order valence-corrected chi connectivity index (χ1v) is 14.7. The number of ether oxygens (including phenoxy) is 3. The third-order valence-electron chi connectivity index (χ3n) is 7.52. The molecule has 3 rings (SSSR count). The molecule has 0 spiro atoms. The van der Waals surface area contributed by atoms with Crippen LogP contribution in [-0.4, -0.2) is 111 Å². The lowest BCUT2D eigenvalue weighted by atomic mass is 9.99. The summed E-state index contributed by atoms with van der Waals surface area (Å²) >= 11 is 0. The number of aliphatic hydroxyl groups excluding tert-OH is 4. The van der Waals surface area contributed by atoms with E-state index in [2.05, 4.69) is 10.6 Å². The fraction of sp³-hybridized carbons (Fsp3) is 0.621. The van der Waals surface area contributed by atoms with Crippen LogP contribution < -0.4 is 21.1 Å². The SMILES string of the molecule is CCC1CC(=O)N(C(CN)C(=O)NCCC(=O)Nc2cc(COC(=O)C(C)C)ccc2OC2OC(CO)C(O)C(O)C2O)C1=O. The third kappa shape index (κ3) is 8.74. The fourth-order valence-electron chi connectivity index (χ4n) is 4.80. The standard InChI is InChI=1S/C29H42N4O12/c1-4-16-10-22(36)33(27(16)41)18(11-30)26(40)31-8-7-21(35)32-17-9-15(13-43-28(42)14(2)3)5-6-19(17)44-29-25(39)24(38)23(37)20(12-34)45-29/h5-6,9,14,16,18,20,23-25,29,34,37-39H,4,7-8,10-13,30H2,1-3H3,(H,31,40)(H,32,35). The fourth-order valence-corrected chi connectivity index (χ4v) is 4.80. The number of anilines is 1. The number of nitrogens with one attached hydrogen (secondary N) is 2. The number of nitrogens with zero attached hydrogens (tertiary/aromatic N) is 1. The van der Waals surface area contributed by atoms with Gasteiger partial charge in [-0.3, -0.25) is 28.9 Å². The van der Waals surface area contributed by atoms with Crippen molar-refractivity contribution in [2.45, 2.75) is 83.4 Å². The van der Waals surface area contributed by atoms with Gasteiger partial charge in [-0.15, -0.1) is 0 Å². The first kappa shape index (κ1) is 35.8. The highest BCUT2D eigenvalue weighted by molar-refractivity contribution is 6.07. The van der Waals surface area contributed by atoms with Crippen LogP contribution in [0.2, 0.25) is 0 Å². The van der Waals surface area contributed by atoms with Crippen LogP contribution in [0.25, 0.3) is 0 Å². The van der Waals surface area contributed by atoms with Gasteiger partial charge >= 0.3 is 5.97 Å². The van der Waals surface area contributed by atoms with Gasteiger partial charge in [0, 0.05) is 31.8 Å². The number of hydrogen-bond donors (Lipinski definition) is 7. The molecule has 16 heteroatoms. The van der Waals surface area contributed by atoms with Crippen LogP contribution in [0.15, 0.2) is 18.2 Å². The Morgan fingerprint density at radius 2 is 1.84 bits per heavy atom. The second-order valence-corrected chi connectivity index (χ2v) is 11.2. The number of hydrogen-bond acceptors (Lipinski definition) is 13. The van der Waals surface area contributed by atoms with E-state index < -0.39 is 78.9 Å². The lowest BCUT2D eigenvalue weighted by Gasteiger charge is -2.39. The van der Waals surface area contributed by atoms with E-state index in [1.54, 1.807) is 20.8 Å². The number of aliphatic hydroxyl groups is 4. The Balaban J connectivity index is 1.70. The Hall–Kier alpha value is -3.67. The number of carbonyl (C=O) groups is 5. The molecule has 250 valence electrons. The molecule has 2 fully saturated rings. The molecule has 2 heterocycles. The van der Waals surface area contributed by atoms with E-state index in [0.29, 0.717) is 12.0 Å². The van der Waals surface area contributed by atoms with Gasteiger partial charge in [-0.1, -0.05) is 26.8 Å². The summed E-state index contributed by atoms with van der Waals surface area (Å²) in [4.78, 5) is 63.4. The third-order valence-corrected chi connectivity index (χ3v) is 7.52. The molecule has 0 aromatic heterocycles. The molecule has 8 N–H and O–H groups in total. The summed E-state index contributed by atoms with van der Waals surface area (Å²) in [7, 11) is 0. The molecule has 1 aromatic carbocycles. The minimum atomic E-state index is -1.72. The molecule has 1 aromatic rings. The lowest BCUT2D eigenvalue weighted by molar-refractivity contribution is -0.277. The van der Waals surface area contributed by atoms with Crippen molar-refractivity contribution >= 4 is 35.3 Å². The Labute approximate surface area is 259 Å². The second kappa shape index (κ2) is 16.1. The van der Waals surface area contributed by atoms with Gasteiger partial charge in [0.25, 0.3) is 0 Å². The van der Waals surface area contributed by atoms with Crippen LogP contribution in [0.5, 0.6) is 5.75 Å². The van der Waals surface area contributed by atoms with Gasteiger partial charge in [0.1, 0.15) is 42.8 Å². The maximum absolute atomic E-state index is 12.9. The number of rotatable bonds is 14. The van der Waals surface area contributed by atoms with Crippen LogP contribution in [0, 0.1) is 11.8 Å². The van der Waals surface area contributed by atoms with E-state index in [0.717, 1.165) is 4.90 Å². The number of carbonyl (C=O) groups excluding carboxylic acids is 5. The monoisotopic (exact) mass is 638 g/mol. The zero-order valence-electron chi connectivity index (χ0n) is 25.4. The minimum Gasteiger partial charge on any atom is -0.461 e. The van der Waals surface area contributed by atoms with Crippen molar-refractivity contribution < 1.29 is 58.6 Å². The van der Waals surface area contributed by atoms with Crippen LogP contribution in [0.4, 0.5) is 5.69 Å². The van der Waals surface area contributed by atoms with Crippen molar-refractivity contribution in [1.29, 1.82) is 0 Å². The molecule has 0 radical (unpaired) electrons. The average molecular weight is 639 g/mol. The quantitative estimate of drug-likeness (QED) is 0.0872. The van der Waals surface area contributed by atoms with E-state index in [1.807, 2.05) is 0 Å². The molecule has 0 saturated carbocycles. The maximum atomic E-state index is 12.9. The Kier molecular flexibility index (Phi) is 12.8. The number of esters is 1. The Morgan fingerprint density at radius 3 is 2.44 bits per heavy atom. The summed E-state index contributed by atoms with van der Waals surface area (Å²) in [5.74, 6) is -3.60. The smallest absolute Gasteiger partial charge is 0.308 e. The van der Waals surface area contributed by atoms with Crippen LogP contribution >= 0.6 is 0 Å². The molecule has 2 aliphatic rings. The molecule has 4 amide bonds. The van der Waals surface area contributed by atoms with E-state index in [4.69, 9.17) is 19.9 Å². The molecule has 2 saturated heterocycles. The first-order valence-electron chi connectivity index (χ1n) is 14.7. The topological polar surface area (TPSA) is 247 Å². The van der Waals surface area contributed by atoms with Crippen LogP contribution in [0.3, 0.4) is 0 Å². The summed E-state index contributed by atoms with van der Waals surface area (Å²) < 4.78 is 16.4. The Bertz CT molecular complexity index is 1240. The summed E-state index contributed by atoms with van der Waals surface area (Å²) in [5, 5.41) is 45.2. The van der Waals surface area contributed by atoms with Gasteiger partial charge < -0.3 is 51.0 Å². The van der Waals surface area contributed by atoms with Crippen molar-refractivity contribution in [1.82, 2.24) is 10.2 Å². The average Bonchev–Trinajstić information content (AvgIpc) is 3.29. The molecular formula is C29H42N4O12. The predicted octanol–water partition coefficient (Wildman–Crippen LogP) is -1.88. The van der Waals surface area contributed by atoms with Crippen LogP contribution in [0.1, 0.15) is 45.6 Å². The summed E-state index contributed by atoms with van der Waals surface area (Å²) in [6.45, 7) is 3.82. The molecular weight excluding hydrogens is 596 g/mol. The zero-order chi connectivity index (χ0) is 33.4. The molecule has 2 aliphatic heterocycles. The van der Waals surface area contributed by atoms with Crippen molar-refractivity contribution in [2.24, 2.45) is 17.6 Å². The lowest BCUT2D eigenvalue weighted by Crippen LogP contribution is -2.60. The van der Waals surface area contributed by atoms with Gasteiger partial charge in [-0.2, -0.15) is 0 Å². The summed E-state index contributed by atoms with van der Waals surface area (Å²) in [6.07, 6.45) is -7.61. The maximum Gasteiger partial charge on any atom is 0.308 e. The van der Waals surface area contributed by atoms with Crippen molar-refractivity contribution in [2.75, 3.05) is 25.0 Å². The van der Waals surface area contributed by atoms with Crippen LogP contribution in [-0.2, 0) is 40.1 Å².